The summed E-state index contributed by atoms with van der Waals surface area (Å²) in [6, 6.07) is 8.86. The van der Waals surface area contributed by atoms with E-state index in [4.69, 9.17) is 11.6 Å². The van der Waals surface area contributed by atoms with E-state index in [2.05, 4.69) is 20.4 Å². The maximum absolute atomic E-state index is 12.3. The fraction of sp³-hybridized carbons (Fsp3) is 0.250. The normalized spacial score (nSPS) is 11.2. The molecule has 0 unspecified atom stereocenters. The van der Waals surface area contributed by atoms with Crippen LogP contribution in [0.2, 0.25) is 5.02 Å². The van der Waals surface area contributed by atoms with Gasteiger partial charge in [0, 0.05) is 17.0 Å². The standard InChI is InChI=1S/C16H17ClN6O/c1-22(2)7-8-23-10-18-16(21-23)20-15(24)13-6-4-11-3-5-12(17)9-14(11)19-13/h3-6,9-10H,7-8H2,1-2H3,(H,20,21,24). The molecule has 0 bridgehead atoms. The summed E-state index contributed by atoms with van der Waals surface area (Å²) in [4.78, 5) is 22.8. The van der Waals surface area contributed by atoms with Crippen molar-refractivity contribution < 1.29 is 4.79 Å². The van der Waals surface area contributed by atoms with Crippen LogP contribution >= 0.6 is 11.6 Å². The number of carbonyl (C=O) groups is 1. The van der Waals surface area contributed by atoms with Gasteiger partial charge in [0.1, 0.15) is 12.0 Å². The van der Waals surface area contributed by atoms with E-state index in [0.29, 0.717) is 17.1 Å². The number of halogens is 1. The van der Waals surface area contributed by atoms with Gasteiger partial charge in [-0.15, -0.1) is 5.10 Å². The molecule has 1 aromatic carbocycles. The number of carbonyl (C=O) groups excluding carboxylic acids is 1. The molecule has 1 N–H and O–H groups in total. The second kappa shape index (κ2) is 6.94. The molecule has 0 radical (unpaired) electrons. The van der Waals surface area contributed by atoms with Crippen LogP contribution in [0.3, 0.4) is 0 Å². The van der Waals surface area contributed by atoms with Crippen LogP contribution in [0.5, 0.6) is 0 Å². The maximum atomic E-state index is 12.3. The highest BCUT2D eigenvalue weighted by molar-refractivity contribution is 6.31. The summed E-state index contributed by atoms with van der Waals surface area (Å²) in [6.07, 6.45) is 1.59. The van der Waals surface area contributed by atoms with Gasteiger partial charge in [-0.25, -0.2) is 14.6 Å². The zero-order valence-corrected chi connectivity index (χ0v) is 14.2. The fourth-order valence-corrected chi connectivity index (χ4v) is 2.31. The van der Waals surface area contributed by atoms with Gasteiger partial charge >= 0.3 is 0 Å². The molecule has 0 spiro atoms. The number of aromatic nitrogens is 4. The molecule has 0 saturated carbocycles. The zero-order valence-electron chi connectivity index (χ0n) is 13.4. The van der Waals surface area contributed by atoms with Crippen LogP contribution in [0.1, 0.15) is 10.5 Å². The molecule has 2 heterocycles. The van der Waals surface area contributed by atoms with Crippen molar-refractivity contribution in [3.8, 4) is 0 Å². The van der Waals surface area contributed by atoms with Crippen LogP contribution in [-0.2, 0) is 6.54 Å². The quantitative estimate of drug-likeness (QED) is 0.768. The summed E-state index contributed by atoms with van der Waals surface area (Å²) in [7, 11) is 3.97. The van der Waals surface area contributed by atoms with Crippen molar-refractivity contribution in [2.24, 2.45) is 0 Å². The first-order valence-electron chi connectivity index (χ1n) is 7.43. The van der Waals surface area contributed by atoms with Crippen molar-refractivity contribution in [1.82, 2.24) is 24.6 Å². The molecule has 8 heteroatoms. The smallest absolute Gasteiger partial charge is 0.276 e. The van der Waals surface area contributed by atoms with Crippen LogP contribution in [0, 0.1) is 0 Å². The predicted octanol–water partition coefficient (Wildman–Crippen LogP) is 2.29. The number of nitrogens with one attached hydrogen (secondary N) is 1. The first-order chi connectivity index (χ1) is 11.5. The Morgan fingerprint density at radius 2 is 2.08 bits per heavy atom. The monoisotopic (exact) mass is 344 g/mol. The van der Waals surface area contributed by atoms with E-state index in [1.165, 1.54) is 0 Å². The van der Waals surface area contributed by atoms with E-state index >= 15 is 0 Å². The molecule has 1 amide bonds. The van der Waals surface area contributed by atoms with Crippen molar-refractivity contribution in [3.05, 3.63) is 47.4 Å². The number of hydrogen-bond acceptors (Lipinski definition) is 5. The van der Waals surface area contributed by atoms with Crippen molar-refractivity contribution in [1.29, 1.82) is 0 Å². The second-order valence-corrected chi connectivity index (χ2v) is 6.06. The lowest BCUT2D eigenvalue weighted by Gasteiger charge is -2.08. The molecule has 0 atom stereocenters. The summed E-state index contributed by atoms with van der Waals surface area (Å²) in [5, 5.41) is 8.37. The predicted molar refractivity (Wildman–Crippen MR) is 93.3 cm³/mol. The van der Waals surface area contributed by atoms with Crippen LogP contribution in [-0.4, -0.2) is 51.2 Å². The van der Waals surface area contributed by atoms with Gasteiger partial charge in [-0.05, 0) is 32.3 Å². The average molecular weight is 345 g/mol. The summed E-state index contributed by atoms with van der Waals surface area (Å²) in [5.74, 6) is -0.103. The van der Waals surface area contributed by atoms with Crippen LogP contribution < -0.4 is 5.32 Å². The molecule has 0 saturated heterocycles. The number of fused-ring (bicyclic) bond motifs is 1. The maximum Gasteiger partial charge on any atom is 0.276 e. The molecular weight excluding hydrogens is 328 g/mol. The van der Waals surface area contributed by atoms with Crippen LogP contribution in [0.15, 0.2) is 36.7 Å². The lowest BCUT2D eigenvalue weighted by molar-refractivity contribution is 0.102. The highest BCUT2D eigenvalue weighted by Crippen LogP contribution is 2.18. The number of amides is 1. The lowest BCUT2D eigenvalue weighted by atomic mass is 10.2. The second-order valence-electron chi connectivity index (χ2n) is 5.62. The van der Waals surface area contributed by atoms with Gasteiger partial charge in [-0.1, -0.05) is 23.7 Å². The van der Waals surface area contributed by atoms with Gasteiger partial charge in [0.25, 0.3) is 5.91 Å². The van der Waals surface area contributed by atoms with Gasteiger partial charge in [-0.2, -0.15) is 0 Å². The molecular formula is C16H17ClN6O. The summed E-state index contributed by atoms with van der Waals surface area (Å²) >= 11 is 5.97. The minimum atomic E-state index is -0.359. The van der Waals surface area contributed by atoms with Crippen molar-refractivity contribution in [2.75, 3.05) is 26.0 Å². The molecule has 24 heavy (non-hydrogen) atoms. The van der Waals surface area contributed by atoms with Gasteiger partial charge in [0.2, 0.25) is 5.95 Å². The minimum Gasteiger partial charge on any atom is -0.308 e. The van der Waals surface area contributed by atoms with E-state index < -0.39 is 0 Å². The zero-order chi connectivity index (χ0) is 17.1. The third-order valence-electron chi connectivity index (χ3n) is 3.42. The third kappa shape index (κ3) is 3.87. The van der Waals surface area contributed by atoms with Crippen molar-refractivity contribution in [3.63, 3.8) is 0 Å². The topological polar surface area (TPSA) is 75.9 Å². The molecule has 124 valence electrons. The first-order valence-corrected chi connectivity index (χ1v) is 7.81. The highest BCUT2D eigenvalue weighted by atomic mass is 35.5. The number of pyridine rings is 1. The number of rotatable bonds is 5. The summed E-state index contributed by atoms with van der Waals surface area (Å²) in [5.41, 5.74) is 0.953. The Labute approximate surface area is 144 Å². The Balaban J connectivity index is 1.72. The molecule has 0 aliphatic rings. The molecule has 0 aliphatic heterocycles. The summed E-state index contributed by atoms with van der Waals surface area (Å²) < 4.78 is 1.68. The van der Waals surface area contributed by atoms with Gasteiger partial charge in [-0.3, -0.25) is 10.1 Å². The van der Waals surface area contributed by atoms with Crippen LogP contribution in [0.4, 0.5) is 5.95 Å². The molecule has 7 nitrogen and oxygen atoms in total. The van der Waals surface area contributed by atoms with E-state index in [-0.39, 0.29) is 17.5 Å². The largest absolute Gasteiger partial charge is 0.308 e. The van der Waals surface area contributed by atoms with Crippen molar-refractivity contribution >= 4 is 34.4 Å². The van der Waals surface area contributed by atoms with Gasteiger partial charge < -0.3 is 4.90 Å². The number of nitrogens with zero attached hydrogens (tertiary/aromatic N) is 5. The Morgan fingerprint density at radius 1 is 1.29 bits per heavy atom. The molecule has 2 aromatic heterocycles. The molecule has 0 fully saturated rings. The number of likely N-dealkylation sites (N-methyl/N-ethyl adjacent to an activating group) is 1. The fourth-order valence-electron chi connectivity index (χ4n) is 2.14. The molecule has 3 aromatic rings. The van der Waals surface area contributed by atoms with E-state index in [1.807, 2.05) is 31.1 Å². The number of hydrogen-bond donors (Lipinski definition) is 1. The Bertz CT molecular complexity index is 876. The lowest BCUT2D eigenvalue weighted by Crippen LogP contribution is -2.19. The Morgan fingerprint density at radius 3 is 2.88 bits per heavy atom. The minimum absolute atomic E-state index is 0.256. The van der Waals surface area contributed by atoms with E-state index in [1.54, 1.807) is 29.2 Å². The SMILES string of the molecule is CN(C)CCn1cnc(NC(=O)c2ccc3ccc(Cl)cc3n2)n1. The van der Waals surface area contributed by atoms with Gasteiger partial charge in [0.15, 0.2) is 0 Å². The molecule has 3 rings (SSSR count). The van der Waals surface area contributed by atoms with Crippen LogP contribution in [0.25, 0.3) is 10.9 Å². The Hall–Kier alpha value is -2.51. The number of benzene rings is 1. The first kappa shape index (κ1) is 16.4. The van der Waals surface area contributed by atoms with E-state index in [9.17, 15) is 4.79 Å². The molecule has 0 aliphatic carbocycles. The van der Waals surface area contributed by atoms with Crippen molar-refractivity contribution in [2.45, 2.75) is 6.54 Å². The summed E-state index contributed by atoms with van der Waals surface area (Å²) in [6.45, 7) is 1.53. The van der Waals surface area contributed by atoms with Gasteiger partial charge in [0.05, 0.1) is 12.1 Å². The third-order valence-corrected chi connectivity index (χ3v) is 3.66. The highest BCUT2D eigenvalue weighted by Gasteiger charge is 2.11. The average Bonchev–Trinajstić information content (AvgIpc) is 2.99. The number of anilines is 1. The van der Waals surface area contributed by atoms with E-state index in [0.717, 1.165) is 11.9 Å². The Kier molecular flexibility index (Phi) is 4.73.